The molecule has 0 amide bonds. The fourth-order valence-corrected chi connectivity index (χ4v) is 5.36. The Kier molecular flexibility index (Phi) is 3.98. The summed E-state index contributed by atoms with van der Waals surface area (Å²) in [5.41, 5.74) is 7.52. The molecule has 7 aromatic rings. The highest BCUT2D eigenvalue weighted by Gasteiger charge is 2.11. The summed E-state index contributed by atoms with van der Waals surface area (Å²) in [6, 6.07) is 29.0. The summed E-state index contributed by atoms with van der Waals surface area (Å²) in [7, 11) is 0. The number of hydrogen-bond acceptors (Lipinski definition) is 5. The van der Waals surface area contributed by atoms with Crippen LogP contribution in [0.2, 0.25) is 0 Å². The smallest absolute Gasteiger partial charge is 0.0894 e. The van der Waals surface area contributed by atoms with Crippen LogP contribution in [0.1, 0.15) is 0 Å². The van der Waals surface area contributed by atoms with E-state index in [0.717, 1.165) is 44.6 Å². The fourth-order valence-electron chi connectivity index (χ4n) is 4.29. The maximum Gasteiger partial charge on any atom is 0.0894 e. The number of fused-ring (bicyclic) bond motifs is 5. The lowest BCUT2D eigenvalue weighted by Crippen LogP contribution is -1.88. The topological polar surface area (TPSA) is 51.6 Å². The molecule has 4 nitrogen and oxygen atoms in total. The number of aromatic nitrogens is 4. The molecule has 0 N–H and O–H groups in total. The molecule has 5 heteroatoms. The lowest BCUT2D eigenvalue weighted by molar-refractivity contribution is 1.29. The Bertz CT molecular complexity index is 1700. The number of nitrogens with zero attached hydrogens (tertiary/aromatic N) is 4. The van der Waals surface area contributed by atoms with Crippen LogP contribution in [0.4, 0.5) is 0 Å². The van der Waals surface area contributed by atoms with Gasteiger partial charge in [0, 0.05) is 31.3 Å². The van der Waals surface area contributed by atoms with Gasteiger partial charge in [0.15, 0.2) is 0 Å². The molecule has 0 aliphatic rings. The molecule has 0 saturated carbocycles. The van der Waals surface area contributed by atoms with Gasteiger partial charge in [0.2, 0.25) is 0 Å². The highest BCUT2D eigenvalue weighted by Crippen LogP contribution is 2.38. The second-order valence-electron chi connectivity index (χ2n) is 8.01. The molecule has 0 bridgehead atoms. The SMILES string of the molecule is c1ccc2nc(-c3ccc4sc5ccc(-c6cnc7ccccc7n6)cc5c4c3)cnc2c1. The minimum absolute atomic E-state index is 0.881. The normalized spacial score (nSPS) is 11.6. The largest absolute Gasteiger partial charge is 0.252 e. The summed E-state index contributed by atoms with van der Waals surface area (Å²) >= 11 is 1.80. The van der Waals surface area contributed by atoms with E-state index >= 15 is 0 Å². The molecule has 3 aromatic heterocycles. The van der Waals surface area contributed by atoms with E-state index in [9.17, 15) is 0 Å². The molecular formula is C28H16N4S. The number of rotatable bonds is 2. The van der Waals surface area contributed by atoms with Crippen LogP contribution in [0.3, 0.4) is 0 Å². The third kappa shape index (κ3) is 3.05. The number of thiophene rings is 1. The van der Waals surface area contributed by atoms with Crippen LogP contribution < -0.4 is 0 Å². The van der Waals surface area contributed by atoms with Crippen molar-refractivity contribution in [3.63, 3.8) is 0 Å². The van der Waals surface area contributed by atoms with Crippen LogP contribution in [0.15, 0.2) is 97.3 Å². The maximum absolute atomic E-state index is 4.83. The Morgan fingerprint density at radius 1 is 0.485 bits per heavy atom. The van der Waals surface area contributed by atoms with Gasteiger partial charge in [-0.1, -0.05) is 36.4 Å². The lowest BCUT2D eigenvalue weighted by atomic mass is 10.0. The van der Waals surface area contributed by atoms with Gasteiger partial charge in [-0.15, -0.1) is 11.3 Å². The summed E-state index contributed by atoms with van der Waals surface area (Å²) in [6.45, 7) is 0. The standard InChI is InChI=1S/C28H16N4S/c1-3-7-23-21(5-1)29-15-25(31-23)17-9-11-27-19(13-17)20-14-18(10-12-28(20)33-27)26-16-30-22-6-2-4-8-24(22)32-26/h1-16H. The highest BCUT2D eigenvalue weighted by atomic mass is 32.1. The van der Waals surface area contributed by atoms with Gasteiger partial charge in [-0.05, 0) is 48.5 Å². The highest BCUT2D eigenvalue weighted by molar-refractivity contribution is 7.25. The molecule has 0 fully saturated rings. The second-order valence-corrected chi connectivity index (χ2v) is 9.10. The van der Waals surface area contributed by atoms with E-state index in [1.807, 2.05) is 60.9 Å². The predicted molar refractivity (Wildman–Crippen MR) is 136 cm³/mol. The van der Waals surface area contributed by atoms with Crippen molar-refractivity contribution in [3.8, 4) is 22.5 Å². The molecule has 0 aliphatic carbocycles. The van der Waals surface area contributed by atoms with Crippen molar-refractivity contribution in [2.45, 2.75) is 0 Å². The first-order valence-electron chi connectivity index (χ1n) is 10.7. The van der Waals surface area contributed by atoms with Gasteiger partial charge in [0.05, 0.1) is 45.8 Å². The molecule has 33 heavy (non-hydrogen) atoms. The second kappa shape index (κ2) is 7.15. The third-order valence-electron chi connectivity index (χ3n) is 5.96. The van der Waals surface area contributed by atoms with E-state index in [1.54, 1.807) is 11.3 Å². The summed E-state index contributed by atoms with van der Waals surface area (Å²) in [4.78, 5) is 18.8. The molecule has 3 heterocycles. The van der Waals surface area contributed by atoms with Crippen LogP contribution in [-0.4, -0.2) is 19.9 Å². The van der Waals surface area contributed by atoms with Crippen molar-refractivity contribution >= 4 is 53.6 Å². The van der Waals surface area contributed by atoms with Crippen molar-refractivity contribution in [2.75, 3.05) is 0 Å². The summed E-state index contributed by atoms with van der Waals surface area (Å²) in [6.07, 6.45) is 3.71. The van der Waals surface area contributed by atoms with Crippen molar-refractivity contribution in [3.05, 3.63) is 97.3 Å². The van der Waals surface area contributed by atoms with Crippen molar-refractivity contribution < 1.29 is 0 Å². The Labute approximate surface area is 193 Å². The summed E-state index contributed by atoms with van der Waals surface area (Å²) in [5.74, 6) is 0. The van der Waals surface area contributed by atoms with Crippen molar-refractivity contribution in [1.29, 1.82) is 0 Å². The molecule has 0 saturated heterocycles. The van der Waals surface area contributed by atoms with Gasteiger partial charge in [-0.3, -0.25) is 9.97 Å². The third-order valence-corrected chi connectivity index (χ3v) is 7.11. The van der Waals surface area contributed by atoms with Gasteiger partial charge in [-0.2, -0.15) is 0 Å². The lowest BCUT2D eigenvalue weighted by Gasteiger charge is -2.04. The van der Waals surface area contributed by atoms with E-state index in [0.29, 0.717) is 0 Å². The van der Waals surface area contributed by atoms with E-state index in [-0.39, 0.29) is 0 Å². The van der Waals surface area contributed by atoms with Gasteiger partial charge >= 0.3 is 0 Å². The quantitative estimate of drug-likeness (QED) is 0.284. The molecule has 4 aromatic carbocycles. The van der Waals surface area contributed by atoms with Gasteiger partial charge in [0.1, 0.15) is 0 Å². The van der Waals surface area contributed by atoms with E-state index < -0.39 is 0 Å². The molecule has 0 radical (unpaired) electrons. The predicted octanol–water partition coefficient (Wildman–Crippen LogP) is 7.27. The first-order valence-corrected chi connectivity index (χ1v) is 11.5. The average molecular weight is 441 g/mol. The first-order chi connectivity index (χ1) is 16.3. The minimum Gasteiger partial charge on any atom is -0.252 e. The molecule has 7 rings (SSSR count). The zero-order valence-corrected chi connectivity index (χ0v) is 18.3. The number of para-hydroxylation sites is 4. The fraction of sp³-hybridized carbons (Fsp3) is 0. The zero-order chi connectivity index (χ0) is 21.8. The van der Waals surface area contributed by atoms with Crippen LogP contribution in [0.25, 0.3) is 64.8 Å². The first kappa shape index (κ1) is 18.4. The Morgan fingerprint density at radius 3 is 1.42 bits per heavy atom. The Morgan fingerprint density at radius 2 is 0.939 bits per heavy atom. The molecule has 0 unspecified atom stereocenters. The molecule has 154 valence electrons. The maximum atomic E-state index is 4.83. The van der Waals surface area contributed by atoms with Crippen LogP contribution in [-0.2, 0) is 0 Å². The van der Waals surface area contributed by atoms with Gasteiger partial charge in [-0.25, -0.2) is 9.97 Å². The molecule has 0 atom stereocenters. The minimum atomic E-state index is 0.881. The average Bonchev–Trinajstić information content (AvgIpc) is 3.25. The molecule has 0 aliphatic heterocycles. The van der Waals surface area contributed by atoms with E-state index in [2.05, 4.69) is 46.4 Å². The van der Waals surface area contributed by atoms with Crippen molar-refractivity contribution in [2.24, 2.45) is 0 Å². The van der Waals surface area contributed by atoms with Gasteiger partial charge < -0.3 is 0 Å². The Hall–Kier alpha value is -4.22. The number of benzene rings is 4. The van der Waals surface area contributed by atoms with Crippen LogP contribution in [0, 0.1) is 0 Å². The van der Waals surface area contributed by atoms with E-state index in [4.69, 9.17) is 9.97 Å². The van der Waals surface area contributed by atoms with Gasteiger partial charge in [0.25, 0.3) is 0 Å². The van der Waals surface area contributed by atoms with Crippen molar-refractivity contribution in [1.82, 2.24) is 19.9 Å². The Balaban J connectivity index is 1.39. The summed E-state index contributed by atoms with van der Waals surface area (Å²) in [5, 5.41) is 2.44. The van der Waals surface area contributed by atoms with Crippen LogP contribution in [0.5, 0.6) is 0 Å². The molecular weight excluding hydrogens is 424 g/mol. The monoisotopic (exact) mass is 440 g/mol. The molecule has 0 spiro atoms. The zero-order valence-electron chi connectivity index (χ0n) is 17.4. The van der Waals surface area contributed by atoms with Crippen LogP contribution >= 0.6 is 11.3 Å². The number of hydrogen-bond donors (Lipinski definition) is 0. The summed E-state index contributed by atoms with van der Waals surface area (Å²) < 4.78 is 2.51. The van der Waals surface area contributed by atoms with E-state index in [1.165, 1.54) is 20.2 Å².